The lowest BCUT2D eigenvalue weighted by molar-refractivity contribution is 0.313. The number of pyridine rings is 1. The number of imidazole rings is 1. The monoisotopic (exact) mass is 437 g/mol. The van der Waals surface area contributed by atoms with Crippen molar-refractivity contribution in [3.8, 4) is 11.3 Å². The van der Waals surface area contributed by atoms with Gasteiger partial charge < -0.3 is 14.4 Å². The molecule has 2 aromatic carbocycles. The number of aryl methyl sites for hydroxylation is 3. The Bertz CT molecular complexity index is 1310. The molecule has 0 bridgehead atoms. The molecule has 1 atom stereocenters. The highest BCUT2D eigenvalue weighted by Gasteiger charge is 2.29. The summed E-state index contributed by atoms with van der Waals surface area (Å²) in [6.45, 7) is 8.80. The van der Waals surface area contributed by atoms with Crippen molar-refractivity contribution in [3.05, 3.63) is 77.1 Å². The average molecular weight is 438 g/mol. The van der Waals surface area contributed by atoms with E-state index in [0.717, 1.165) is 67.3 Å². The summed E-state index contributed by atoms with van der Waals surface area (Å²) >= 11 is 0. The summed E-state index contributed by atoms with van der Waals surface area (Å²) in [6.07, 6.45) is 2.09. The van der Waals surface area contributed by atoms with E-state index in [1.54, 1.807) is 0 Å². The van der Waals surface area contributed by atoms with Gasteiger partial charge in [-0.15, -0.1) is 0 Å². The normalized spacial score (nSPS) is 18.8. The van der Waals surface area contributed by atoms with Gasteiger partial charge in [0.15, 0.2) is 5.65 Å². The van der Waals surface area contributed by atoms with Crippen LogP contribution in [0.15, 0.2) is 54.6 Å². The zero-order chi connectivity index (χ0) is 22.5. The van der Waals surface area contributed by atoms with Crippen molar-refractivity contribution in [1.29, 1.82) is 0 Å². The fourth-order valence-electron chi connectivity index (χ4n) is 5.40. The molecule has 2 aliphatic heterocycles. The predicted molar refractivity (Wildman–Crippen MR) is 135 cm³/mol. The van der Waals surface area contributed by atoms with E-state index in [2.05, 4.69) is 89.9 Å². The zero-order valence-corrected chi connectivity index (χ0v) is 19.8. The molecule has 0 N–H and O–H groups in total. The van der Waals surface area contributed by atoms with E-state index < -0.39 is 0 Å². The second-order valence-corrected chi connectivity index (χ2v) is 9.69. The van der Waals surface area contributed by atoms with E-state index in [1.807, 2.05) is 0 Å². The first-order valence-corrected chi connectivity index (χ1v) is 12.1. The Labute approximate surface area is 195 Å². The molecule has 1 saturated heterocycles. The third kappa shape index (κ3) is 3.61. The van der Waals surface area contributed by atoms with Crippen LogP contribution in [0.1, 0.15) is 35.0 Å². The molecular formula is C28H31N5. The first-order valence-electron chi connectivity index (χ1n) is 12.1. The lowest BCUT2D eigenvalue weighted by atomic mass is 9.97. The number of hydrogen-bond donors (Lipinski definition) is 0. The van der Waals surface area contributed by atoms with Gasteiger partial charge in [-0.2, -0.15) is 0 Å². The maximum absolute atomic E-state index is 5.14. The van der Waals surface area contributed by atoms with Crippen molar-refractivity contribution < 1.29 is 0 Å². The molecule has 5 heteroatoms. The molecule has 33 heavy (non-hydrogen) atoms. The van der Waals surface area contributed by atoms with Gasteiger partial charge in [0, 0.05) is 43.9 Å². The van der Waals surface area contributed by atoms with Crippen LogP contribution in [-0.4, -0.2) is 52.7 Å². The van der Waals surface area contributed by atoms with Crippen LogP contribution in [0.5, 0.6) is 0 Å². The average Bonchev–Trinajstić information content (AvgIpc) is 3.40. The van der Waals surface area contributed by atoms with E-state index in [0.29, 0.717) is 6.04 Å². The first-order chi connectivity index (χ1) is 16.1. The summed E-state index contributed by atoms with van der Waals surface area (Å²) in [5.41, 5.74) is 9.53. The van der Waals surface area contributed by atoms with Gasteiger partial charge in [0.2, 0.25) is 0 Å². The molecule has 1 unspecified atom stereocenters. The van der Waals surface area contributed by atoms with Gasteiger partial charge in [0.1, 0.15) is 11.3 Å². The third-order valence-corrected chi connectivity index (χ3v) is 7.39. The molecule has 0 saturated carbocycles. The van der Waals surface area contributed by atoms with E-state index in [-0.39, 0.29) is 0 Å². The summed E-state index contributed by atoms with van der Waals surface area (Å²) in [6, 6.07) is 20.2. The van der Waals surface area contributed by atoms with Gasteiger partial charge in [-0.25, -0.2) is 9.97 Å². The topological polar surface area (TPSA) is 37.2 Å². The summed E-state index contributed by atoms with van der Waals surface area (Å²) in [5.74, 6) is 1.16. The lowest BCUT2D eigenvalue weighted by Gasteiger charge is -2.34. The minimum atomic E-state index is 0.312. The van der Waals surface area contributed by atoms with Crippen LogP contribution in [0.4, 0.5) is 5.69 Å². The van der Waals surface area contributed by atoms with E-state index >= 15 is 0 Å². The molecule has 2 aromatic heterocycles. The van der Waals surface area contributed by atoms with Crippen LogP contribution in [0.3, 0.4) is 0 Å². The van der Waals surface area contributed by atoms with Gasteiger partial charge in [-0.3, -0.25) is 0 Å². The Kier molecular flexibility index (Phi) is 4.95. The van der Waals surface area contributed by atoms with E-state index in [9.17, 15) is 0 Å². The molecule has 4 heterocycles. The number of likely N-dealkylation sites (N-methyl/N-ethyl adjacent to an activating group) is 1. The fourth-order valence-corrected chi connectivity index (χ4v) is 5.40. The quantitative estimate of drug-likeness (QED) is 0.452. The Morgan fingerprint density at radius 1 is 0.848 bits per heavy atom. The predicted octanol–water partition coefficient (Wildman–Crippen LogP) is 5.00. The number of nitrogens with zero attached hydrogens (tertiary/aromatic N) is 5. The summed E-state index contributed by atoms with van der Waals surface area (Å²) in [5, 5.41) is 0. The van der Waals surface area contributed by atoms with Gasteiger partial charge >= 0.3 is 0 Å². The van der Waals surface area contributed by atoms with Crippen LogP contribution in [0.2, 0.25) is 0 Å². The molecular weight excluding hydrogens is 406 g/mol. The van der Waals surface area contributed by atoms with E-state index in [1.165, 1.54) is 22.4 Å². The molecule has 0 spiro atoms. The number of hydrogen-bond acceptors (Lipinski definition) is 4. The third-order valence-electron chi connectivity index (χ3n) is 7.39. The number of benzene rings is 2. The maximum Gasteiger partial charge on any atom is 0.161 e. The molecule has 6 rings (SSSR count). The second-order valence-electron chi connectivity index (χ2n) is 9.69. The van der Waals surface area contributed by atoms with Crippen LogP contribution in [0.25, 0.3) is 22.4 Å². The van der Waals surface area contributed by atoms with E-state index in [4.69, 9.17) is 9.97 Å². The van der Waals surface area contributed by atoms with Crippen LogP contribution < -0.4 is 4.90 Å². The van der Waals surface area contributed by atoms with Gasteiger partial charge in [-0.1, -0.05) is 35.9 Å². The molecule has 4 aromatic rings. The zero-order valence-electron chi connectivity index (χ0n) is 19.8. The number of anilines is 1. The number of aromatic nitrogens is 3. The number of fused-ring (bicyclic) bond motifs is 3. The van der Waals surface area contributed by atoms with Crippen molar-refractivity contribution in [2.24, 2.45) is 0 Å². The van der Waals surface area contributed by atoms with Crippen molar-refractivity contribution in [2.45, 2.75) is 32.7 Å². The van der Waals surface area contributed by atoms with Gasteiger partial charge in [0.25, 0.3) is 0 Å². The summed E-state index contributed by atoms with van der Waals surface area (Å²) in [7, 11) is 2.19. The Morgan fingerprint density at radius 3 is 2.42 bits per heavy atom. The van der Waals surface area contributed by atoms with Gasteiger partial charge in [-0.05, 0) is 62.7 Å². The van der Waals surface area contributed by atoms with Crippen molar-refractivity contribution in [3.63, 3.8) is 0 Å². The Morgan fingerprint density at radius 2 is 1.64 bits per heavy atom. The standard InChI is InChI=1S/C28H31N5/c1-19-4-5-20(2)23(18-19)26-12-13-27-29-25-11-10-24(30-28(25)33(26)27)21-6-8-22(9-7-21)32-16-14-31(3)15-17-32/h4-11,18,26H,12-17H2,1-3H3. The van der Waals surface area contributed by atoms with Crippen molar-refractivity contribution in [1.82, 2.24) is 19.4 Å². The highest BCUT2D eigenvalue weighted by molar-refractivity contribution is 5.77. The minimum Gasteiger partial charge on any atom is -0.369 e. The molecule has 0 radical (unpaired) electrons. The first kappa shape index (κ1) is 20.4. The second kappa shape index (κ2) is 7.99. The fraction of sp³-hybridized carbons (Fsp3) is 0.357. The van der Waals surface area contributed by atoms with Crippen LogP contribution >= 0.6 is 0 Å². The highest BCUT2D eigenvalue weighted by atomic mass is 15.2. The molecule has 2 aliphatic rings. The molecule has 0 aliphatic carbocycles. The molecule has 1 fully saturated rings. The lowest BCUT2D eigenvalue weighted by Crippen LogP contribution is -2.44. The maximum atomic E-state index is 5.14. The number of piperazine rings is 1. The van der Waals surface area contributed by atoms with Crippen LogP contribution in [0, 0.1) is 13.8 Å². The molecule has 0 amide bonds. The number of rotatable bonds is 3. The minimum absolute atomic E-state index is 0.312. The SMILES string of the molecule is Cc1ccc(C)c(C2CCc3nc4ccc(-c5ccc(N6CCN(C)CC6)cc5)nc4n32)c1. The van der Waals surface area contributed by atoms with Crippen LogP contribution in [-0.2, 0) is 6.42 Å². The van der Waals surface area contributed by atoms with Gasteiger partial charge in [0.05, 0.1) is 11.7 Å². The highest BCUT2D eigenvalue weighted by Crippen LogP contribution is 2.37. The molecule has 168 valence electrons. The Hall–Kier alpha value is -3.18. The summed E-state index contributed by atoms with van der Waals surface area (Å²) in [4.78, 5) is 14.9. The van der Waals surface area contributed by atoms with Crippen molar-refractivity contribution >= 4 is 16.9 Å². The smallest absolute Gasteiger partial charge is 0.161 e. The largest absolute Gasteiger partial charge is 0.369 e. The van der Waals surface area contributed by atoms with Crippen molar-refractivity contribution in [2.75, 3.05) is 38.1 Å². The molecule has 5 nitrogen and oxygen atoms in total. The summed E-state index contributed by atoms with van der Waals surface area (Å²) < 4.78 is 2.39. The Balaban J connectivity index is 1.35.